The molecule has 3 aromatic rings. The average molecular weight is 382 g/mol. The molecule has 4 nitrogen and oxygen atoms in total. The number of nitrogens with zero attached hydrogens (tertiary/aromatic N) is 1. The van der Waals surface area contributed by atoms with Crippen molar-refractivity contribution in [2.45, 2.75) is 6.04 Å². The summed E-state index contributed by atoms with van der Waals surface area (Å²) in [6.07, 6.45) is 0. The third kappa shape index (κ3) is 4.42. The topological polar surface area (TPSA) is 64.9 Å². The smallest absolute Gasteiger partial charge is 0.240 e. The van der Waals surface area contributed by atoms with E-state index in [0.29, 0.717) is 16.3 Å². The van der Waals surface area contributed by atoms with Gasteiger partial charge in [0.05, 0.1) is 23.2 Å². The summed E-state index contributed by atoms with van der Waals surface area (Å²) in [4.78, 5) is 13.5. The molecule has 1 aromatic heterocycles. The Morgan fingerprint density at radius 3 is 2.65 bits per heavy atom. The second-order valence-electron chi connectivity index (χ2n) is 5.59. The van der Waals surface area contributed by atoms with Crippen LogP contribution in [0.25, 0.3) is 0 Å². The molecule has 1 atom stereocenters. The van der Waals surface area contributed by atoms with E-state index in [4.69, 9.17) is 16.9 Å². The van der Waals surface area contributed by atoms with E-state index >= 15 is 0 Å². The Labute approximate surface area is 161 Å². The molecule has 0 aliphatic carbocycles. The number of hydrogen-bond donors (Lipinski definition) is 2. The summed E-state index contributed by atoms with van der Waals surface area (Å²) >= 11 is 7.53. The number of anilines is 1. The van der Waals surface area contributed by atoms with Crippen LogP contribution in [0.1, 0.15) is 22.0 Å². The summed E-state index contributed by atoms with van der Waals surface area (Å²) in [5, 5.41) is 17.5. The number of carbonyl (C=O) groups is 1. The molecule has 0 unspecified atom stereocenters. The lowest BCUT2D eigenvalue weighted by Gasteiger charge is -2.18. The number of nitrogens with one attached hydrogen (secondary N) is 2. The van der Waals surface area contributed by atoms with Crippen LogP contribution in [0.4, 0.5) is 5.69 Å². The van der Waals surface area contributed by atoms with Crippen molar-refractivity contribution in [2.24, 2.45) is 0 Å². The molecular formula is C20H16ClN3OS. The molecule has 3 rings (SSSR count). The average Bonchev–Trinajstić information content (AvgIpc) is 3.20. The van der Waals surface area contributed by atoms with Gasteiger partial charge in [-0.05, 0) is 35.2 Å². The molecule has 0 aliphatic heterocycles. The number of thiophene rings is 1. The zero-order chi connectivity index (χ0) is 18.4. The number of amides is 1. The van der Waals surface area contributed by atoms with Crippen molar-refractivity contribution in [3.05, 3.63) is 87.1 Å². The molecule has 0 fully saturated rings. The highest BCUT2D eigenvalue weighted by molar-refractivity contribution is 7.10. The predicted octanol–water partition coefficient (Wildman–Crippen LogP) is 4.59. The first-order chi connectivity index (χ1) is 12.7. The molecule has 130 valence electrons. The Balaban J connectivity index is 1.68. The van der Waals surface area contributed by atoms with Crippen molar-refractivity contribution in [3.8, 4) is 6.07 Å². The summed E-state index contributed by atoms with van der Waals surface area (Å²) in [6.45, 7) is 0.0984. The monoisotopic (exact) mass is 381 g/mol. The van der Waals surface area contributed by atoms with Gasteiger partial charge in [-0.1, -0.05) is 48.0 Å². The van der Waals surface area contributed by atoms with Crippen LogP contribution in [-0.4, -0.2) is 12.5 Å². The van der Waals surface area contributed by atoms with E-state index in [2.05, 4.69) is 10.6 Å². The van der Waals surface area contributed by atoms with E-state index in [1.807, 2.05) is 53.9 Å². The minimum Gasteiger partial charge on any atom is -0.376 e. The molecule has 0 aliphatic rings. The number of halogens is 1. The lowest BCUT2D eigenvalue weighted by atomic mass is 10.1. The first kappa shape index (κ1) is 18.0. The first-order valence-electron chi connectivity index (χ1n) is 7.98. The van der Waals surface area contributed by atoms with Gasteiger partial charge in [0.1, 0.15) is 6.07 Å². The summed E-state index contributed by atoms with van der Waals surface area (Å²) in [6, 6.07) is 20.7. The van der Waals surface area contributed by atoms with Gasteiger partial charge in [-0.2, -0.15) is 5.26 Å². The first-order valence-corrected chi connectivity index (χ1v) is 9.24. The molecule has 0 radical (unpaired) electrons. The van der Waals surface area contributed by atoms with Gasteiger partial charge in [-0.15, -0.1) is 11.3 Å². The van der Waals surface area contributed by atoms with E-state index in [9.17, 15) is 4.79 Å². The fourth-order valence-corrected chi connectivity index (χ4v) is 3.50. The SMILES string of the molecule is N#Cc1cc(NCC(=O)N[C@@H](c2ccccc2)c2cccs2)ccc1Cl. The Bertz CT molecular complexity index is 920. The van der Waals surface area contributed by atoms with E-state index in [0.717, 1.165) is 10.4 Å². The van der Waals surface area contributed by atoms with Crippen molar-refractivity contribution in [3.63, 3.8) is 0 Å². The lowest BCUT2D eigenvalue weighted by molar-refractivity contribution is -0.119. The quantitative estimate of drug-likeness (QED) is 0.656. The largest absolute Gasteiger partial charge is 0.376 e. The third-order valence-corrected chi connectivity index (χ3v) is 5.07. The van der Waals surface area contributed by atoms with Crippen LogP contribution in [0.2, 0.25) is 5.02 Å². The van der Waals surface area contributed by atoms with Crippen LogP contribution >= 0.6 is 22.9 Å². The van der Waals surface area contributed by atoms with Gasteiger partial charge in [0.25, 0.3) is 0 Å². The van der Waals surface area contributed by atoms with E-state index in [-0.39, 0.29) is 18.5 Å². The normalized spacial score (nSPS) is 11.4. The van der Waals surface area contributed by atoms with Crippen molar-refractivity contribution in [1.29, 1.82) is 5.26 Å². The Kier molecular flexibility index (Phi) is 5.90. The second kappa shape index (κ2) is 8.52. The number of carbonyl (C=O) groups excluding carboxylic acids is 1. The van der Waals surface area contributed by atoms with Crippen molar-refractivity contribution in [2.75, 3.05) is 11.9 Å². The highest BCUT2D eigenvalue weighted by Gasteiger charge is 2.17. The summed E-state index contributed by atoms with van der Waals surface area (Å²) in [5.74, 6) is -0.138. The van der Waals surface area contributed by atoms with Crippen LogP contribution in [-0.2, 0) is 4.79 Å². The van der Waals surface area contributed by atoms with Gasteiger partial charge in [0.15, 0.2) is 0 Å². The van der Waals surface area contributed by atoms with Gasteiger partial charge in [0.2, 0.25) is 5.91 Å². The Morgan fingerprint density at radius 2 is 1.96 bits per heavy atom. The van der Waals surface area contributed by atoms with Crippen molar-refractivity contribution >= 4 is 34.5 Å². The molecule has 2 N–H and O–H groups in total. The molecular weight excluding hydrogens is 366 g/mol. The van der Waals surface area contributed by atoms with E-state index < -0.39 is 0 Å². The number of hydrogen-bond acceptors (Lipinski definition) is 4. The highest BCUT2D eigenvalue weighted by atomic mass is 35.5. The van der Waals surface area contributed by atoms with Gasteiger partial charge in [-0.3, -0.25) is 4.79 Å². The molecule has 2 aromatic carbocycles. The number of nitriles is 1. The summed E-state index contributed by atoms with van der Waals surface area (Å²) in [7, 11) is 0. The maximum atomic E-state index is 12.5. The zero-order valence-corrected chi connectivity index (χ0v) is 15.3. The number of benzene rings is 2. The minimum atomic E-state index is -0.189. The lowest BCUT2D eigenvalue weighted by Crippen LogP contribution is -2.33. The summed E-state index contributed by atoms with van der Waals surface area (Å²) in [5.41, 5.74) is 2.08. The molecule has 1 amide bonds. The number of rotatable bonds is 6. The molecule has 0 spiro atoms. The Morgan fingerprint density at radius 1 is 1.15 bits per heavy atom. The zero-order valence-electron chi connectivity index (χ0n) is 13.8. The standard InChI is InChI=1S/C20H16ClN3OS/c21-17-9-8-16(11-15(17)12-22)23-13-19(25)24-20(18-7-4-10-26-18)14-5-2-1-3-6-14/h1-11,20,23H,13H2,(H,24,25)/t20-/m0/s1. The third-order valence-electron chi connectivity index (χ3n) is 3.81. The van der Waals surface area contributed by atoms with Crippen LogP contribution in [0.5, 0.6) is 0 Å². The molecule has 1 heterocycles. The van der Waals surface area contributed by atoms with Gasteiger partial charge in [-0.25, -0.2) is 0 Å². The molecule has 26 heavy (non-hydrogen) atoms. The van der Waals surface area contributed by atoms with Crippen LogP contribution < -0.4 is 10.6 Å². The Hall–Kier alpha value is -2.81. The van der Waals surface area contributed by atoms with Gasteiger partial charge >= 0.3 is 0 Å². The van der Waals surface area contributed by atoms with E-state index in [1.165, 1.54) is 0 Å². The second-order valence-corrected chi connectivity index (χ2v) is 6.97. The maximum Gasteiger partial charge on any atom is 0.240 e. The maximum absolute atomic E-state index is 12.5. The van der Waals surface area contributed by atoms with Crippen LogP contribution in [0.15, 0.2) is 66.0 Å². The van der Waals surface area contributed by atoms with Crippen molar-refractivity contribution < 1.29 is 4.79 Å². The van der Waals surface area contributed by atoms with Crippen molar-refractivity contribution in [1.82, 2.24) is 5.32 Å². The molecule has 0 saturated carbocycles. The molecule has 6 heteroatoms. The van der Waals surface area contributed by atoms with Crippen LogP contribution in [0.3, 0.4) is 0 Å². The fraction of sp³-hybridized carbons (Fsp3) is 0.100. The summed E-state index contributed by atoms with van der Waals surface area (Å²) < 4.78 is 0. The molecule has 0 saturated heterocycles. The predicted molar refractivity (Wildman–Crippen MR) is 105 cm³/mol. The van der Waals surface area contributed by atoms with Gasteiger partial charge < -0.3 is 10.6 Å². The van der Waals surface area contributed by atoms with E-state index in [1.54, 1.807) is 29.5 Å². The fourth-order valence-electron chi connectivity index (χ4n) is 2.54. The highest BCUT2D eigenvalue weighted by Crippen LogP contribution is 2.26. The van der Waals surface area contributed by atoms with Gasteiger partial charge in [0, 0.05) is 10.6 Å². The minimum absolute atomic E-state index is 0.0984. The van der Waals surface area contributed by atoms with Crippen LogP contribution in [0, 0.1) is 11.3 Å². The molecule has 0 bridgehead atoms.